The molecule has 1 aliphatic rings. The van der Waals surface area contributed by atoms with Crippen LogP contribution in [0.1, 0.15) is 31.9 Å². The zero-order valence-electron chi connectivity index (χ0n) is 16.9. The van der Waals surface area contributed by atoms with Gasteiger partial charge in [-0.15, -0.1) is 0 Å². The van der Waals surface area contributed by atoms with Crippen LogP contribution in [0, 0.1) is 5.82 Å². The second-order valence-corrected chi connectivity index (χ2v) is 10.3. The average Bonchev–Trinajstić information content (AvgIpc) is 2.65. The largest absolute Gasteiger partial charge is 0.504 e. The second-order valence-electron chi connectivity index (χ2n) is 8.39. The molecule has 6 nitrogen and oxygen atoms in total. The fraction of sp³-hybridized carbons (Fsp3) is 0.429. The van der Waals surface area contributed by atoms with Crippen LogP contribution in [-0.4, -0.2) is 54.0 Å². The molecule has 158 valence electrons. The Balaban J connectivity index is 1.71. The summed E-state index contributed by atoms with van der Waals surface area (Å²) >= 11 is 0. The lowest BCUT2D eigenvalue weighted by molar-refractivity contribution is 0.179. The van der Waals surface area contributed by atoms with Gasteiger partial charge in [0.05, 0.1) is 4.90 Å². The van der Waals surface area contributed by atoms with Crippen molar-refractivity contribution in [3.63, 3.8) is 0 Å². The Hall–Kier alpha value is -2.16. The number of phenolic OH excluding ortho intramolecular Hbond substituents is 2. The average molecular weight is 423 g/mol. The van der Waals surface area contributed by atoms with Gasteiger partial charge in [-0.05, 0) is 35.2 Å². The molecule has 29 heavy (non-hydrogen) atoms. The van der Waals surface area contributed by atoms with E-state index in [1.54, 1.807) is 6.07 Å². The van der Waals surface area contributed by atoms with Crippen molar-refractivity contribution in [3.8, 4) is 11.5 Å². The van der Waals surface area contributed by atoms with Crippen LogP contribution in [0.4, 0.5) is 4.39 Å². The SMILES string of the molecule is CC(C)(C)c1cc(O)c(O)c(CN2CCN(S(=O)(=O)c3cccc(F)c3)CC2)c1. The zero-order chi connectivity index (χ0) is 21.4. The van der Waals surface area contributed by atoms with E-state index in [4.69, 9.17) is 0 Å². The zero-order valence-corrected chi connectivity index (χ0v) is 17.7. The first-order valence-electron chi connectivity index (χ1n) is 9.52. The van der Waals surface area contributed by atoms with Crippen LogP contribution in [0.5, 0.6) is 11.5 Å². The molecule has 8 heteroatoms. The van der Waals surface area contributed by atoms with E-state index in [0.29, 0.717) is 25.2 Å². The van der Waals surface area contributed by atoms with E-state index in [-0.39, 0.29) is 34.9 Å². The van der Waals surface area contributed by atoms with Crippen molar-refractivity contribution < 1.29 is 23.0 Å². The third kappa shape index (κ3) is 4.71. The number of sulfonamides is 1. The minimum atomic E-state index is -3.74. The monoisotopic (exact) mass is 422 g/mol. The molecule has 1 saturated heterocycles. The van der Waals surface area contributed by atoms with Gasteiger partial charge in [-0.2, -0.15) is 4.31 Å². The molecular weight excluding hydrogens is 395 g/mol. The van der Waals surface area contributed by atoms with Gasteiger partial charge in [-0.1, -0.05) is 32.9 Å². The fourth-order valence-electron chi connectivity index (χ4n) is 3.38. The van der Waals surface area contributed by atoms with Gasteiger partial charge in [0.1, 0.15) is 5.82 Å². The third-order valence-corrected chi connectivity index (χ3v) is 7.09. The molecule has 0 amide bonds. The maximum atomic E-state index is 13.4. The Morgan fingerprint density at radius 2 is 1.69 bits per heavy atom. The molecule has 0 atom stereocenters. The highest BCUT2D eigenvalue weighted by Gasteiger charge is 2.29. The Morgan fingerprint density at radius 3 is 2.28 bits per heavy atom. The number of hydrogen-bond acceptors (Lipinski definition) is 5. The first kappa shape index (κ1) is 21.5. The predicted molar refractivity (Wildman–Crippen MR) is 109 cm³/mol. The lowest BCUT2D eigenvalue weighted by Crippen LogP contribution is -2.48. The Labute approximate surface area is 171 Å². The van der Waals surface area contributed by atoms with Crippen LogP contribution in [-0.2, 0) is 22.0 Å². The van der Waals surface area contributed by atoms with E-state index in [0.717, 1.165) is 11.6 Å². The van der Waals surface area contributed by atoms with Crippen LogP contribution in [0.3, 0.4) is 0 Å². The Kier molecular flexibility index (Phi) is 5.89. The minimum absolute atomic E-state index is 0.0496. The number of phenols is 2. The van der Waals surface area contributed by atoms with E-state index >= 15 is 0 Å². The van der Waals surface area contributed by atoms with Crippen LogP contribution in [0.15, 0.2) is 41.3 Å². The van der Waals surface area contributed by atoms with Crippen molar-refractivity contribution in [2.75, 3.05) is 26.2 Å². The number of aromatic hydroxyl groups is 2. The second kappa shape index (κ2) is 7.93. The highest BCUT2D eigenvalue weighted by molar-refractivity contribution is 7.89. The lowest BCUT2D eigenvalue weighted by atomic mass is 9.85. The maximum Gasteiger partial charge on any atom is 0.243 e. The number of rotatable bonds is 4. The maximum absolute atomic E-state index is 13.4. The van der Waals surface area contributed by atoms with Gasteiger partial charge in [0, 0.05) is 38.3 Å². The first-order valence-corrected chi connectivity index (χ1v) is 11.0. The molecule has 0 aromatic heterocycles. The molecule has 0 aliphatic carbocycles. The van der Waals surface area contributed by atoms with Crippen LogP contribution < -0.4 is 0 Å². The summed E-state index contributed by atoms with van der Waals surface area (Å²) in [5.74, 6) is -0.883. The van der Waals surface area contributed by atoms with Gasteiger partial charge in [0.2, 0.25) is 10.0 Å². The summed E-state index contributed by atoms with van der Waals surface area (Å²) in [7, 11) is -3.74. The summed E-state index contributed by atoms with van der Waals surface area (Å²) in [5.41, 5.74) is 1.34. The molecule has 0 bridgehead atoms. The fourth-order valence-corrected chi connectivity index (χ4v) is 4.83. The molecule has 1 heterocycles. The Morgan fingerprint density at radius 1 is 1.03 bits per heavy atom. The van der Waals surface area contributed by atoms with E-state index in [9.17, 15) is 23.0 Å². The van der Waals surface area contributed by atoms with E-state index in [1.165, 1.54) is 22.5 Å². The van der Waals surface area contributed by atoms with Crippen molar-refractivity contribution in [3.05, 3.63) is 53.3 Å². The van der Waals surface area contributed by atoms with Gasteiger partial charge in [-0.25, -0.2) is 12.8 Å². The smallest absolute Gasteiger partial charge is 0.243 e. The summed E-state index contributed by atoms with van der Waals surface area (Å²) in [5, 5.41) is 20.3. The molecule has 3 rings (SSSR count). The molecule has 1 fully saturated rings. The van der Waals surface area contributed by atoms with Gasteiger partial charge < -0.3 is 10.2 Å². The van der Waals surface area contributed by atoms with Crippen LogP contribution in [0.25, 0.3) is 0 Å². The summed E-state index contributed by atoms with van der Waals surface area (Å²) in [4.78, 5) is 1.98. The third-order valence-electron chi connectivity index (χ3n) is 5.19. The normalized spacial score (nSPS) is 16.8. The quantitative estimate of drug-likeness (QED) is 0.741. The van der Waals surface area contributed by atoms with Crippen molar-refractivity contribution in [2.24, 2.45) is 0 Å². The molecule has 0 spiro atoms. The van der Waals surface area contributed by atoms with Crippen molar-refractivity contribution in [2.45, 2.75) is 37.6 Å². The highest BCUT2D eigenvalue weighted by atomic mass is 32.2. The standard InChI is InChI=1S/C21H27FN2O4S/c1-21(2,3)16-11-15(20(26)19(25)12-16)14-23-7-9-24(10-8-23)29(27,28)18-6-4-5-17(22)13-18/h4-6,11-13,25-26H,7-10,14H2,1-3H3. The molecule has 1 aliphatic heterocycles. The van der Waals surface area contributed by atoms with Crippen molar-refractivity contribution in [1.82, 2.24) is 9.21 Å². The highest BCUT2D eigenvalue weighted by Crippen LogP contribution is 2.36. The lowest BCUT2D eigenvalue weighted by Gasteiger charge is -2.34. The molecular formula is C21H27FN2O4S. The van der Waals surface area contributed by atoms with Gasteiger partial charge in [0.25, 0.3) is 0 Å². The van der Waals surface area contributed by atoms with E-state index < -0.39 is 15.8 Å². The summed E-state index contributed by atoms with van der Waals surface area (Å²) < 4.78 is 40.2. The van der Waals surface area contributed by atoms with E-state index in [2.05, 4.69) is 0 Å². The summed E-state index contributed by atoms with van der Waals surface area (Å²) in [6.07, 6.45) is 0. The van der Waals surface area contributed by atoms with Crippen molar-refractivity contribution >= 4 is 10.0 Å². The minimum Gasteiger partial charge on any atom is -0.504 e. The van der Waals surface area contributed by atoms with Crippen LogP contribution >= 0.6 is 0 Å². The molecule has 2 N–H and O–H groups in total. The molecule has 2 aromatic rings. The van der Waals surface area contributed by atoms with Gasteiger partial charge in [0.15, 0.2) is 11.5 Å². The topological polar surface area (TPSA) is 81.1 Å². The number of piperazine rings is 1. The molecule has 0 saturated carbocycles. The van der Waals surface area contributed by atoms with Gasteiger partial charge in [-0.3, -0.25) is 4.90 Å². The molecule has 2 aromatic carbocycles. The molecule has 0 radical (unpaired) electrons. The number of benzene rings is 2. The number of halogens is 1. The van der Waals surface area contributed by atoms with Gasteiger partial charge >= 0.3 is 0 Å². The van der Waals surface area contributed by atoms with Crippen LogP contribution in [0.2, 0.25) is 0 Å². The summed E-state index contributed by atoms with van der Waals surface area (Å²) in [6, 6.07) is 8.47. The van der Waals surface area contributed by atoms with Crippen molar-refractivity contribution in [1.29, 1.82) is 0 Å². The van der Waals surface area contributed by atoms with E-state index in [1.807, 2.05) is 31.7 Å². The number of nitrogens with zero attached hydrogens (tertiary/aromatic N) is 2. The summed E-state index contributed by atoms with van der Waals surface area (Å²) in [6.45, 7) is 7.95. The molecule has 0 unspecified atom stereocenters. The Bertz CT molecular complexity index is 994. The first-order chi connectivity index (χ1) is 13.5. The number of hydrogen-bond donors (Lipinski definition) is 2. The predicted octanol–water partition coefficient (Wildman–Crippen LogP) is 3.04.